The van der Waals surface area contributed by atoms with Gasteiger partial charge in [-0.15, -0.1) is 0 Å². The van der Waals surface area contributed by atoms with Gasteiger partial charge in [-0.2, -0.15) is 0 Å². The molecule has 15 heavy (non-hydrogen) atoms. The van der Waals surface area contributed by atoms with E-state index in [0.29, 0.717) is 6.04 Å². The highest BCUT2D eigenvalue weighted by atomic mass is 15.2. The van der Waals surface area contributed by atoms with Crippen LogP contribution >= 0.6 is 0 Å². The second kappa shape index (κ2) is 4.06. The van der Waals surface area contributed by atoms with Crippen LogP contribution in [0.1, 0.15) is 51.4 Å². The lowest BCUT2D eigenvalue weighted by Gasteiger charge is -2.15. The third kappa shape index (κ3) is 2.07. The van der Waals surface area contributed by atoms with Crippen LogP contribution in [0.5, 0.6) is 0 Å². The van der Waals surface area contributed by atoms with Crippen molar-refractivity contribution in [2.24, 2.45) is 29.5 Å². The van der Waals surface area contributed by atoms with Crippen molar-refractivity contribution in [1.82, 2.24) is 5.43 Å². The molecule has 86 valence electrons. The van der Waals surface area contributed by atoms with E-state index in [4.69, 9.17) is 5.84 Å². The first-order valence-corrected chi connectivity index (χ1v) is 6.86. The number of rotatable bonds is 5. The molecular formula is C13H24N2. The van der Waals surface area contributed by atoms with Crippen LogP contribution < -0.4 is 11.3 Å². The molecule has 0 spiro atoms. The lowest BCUT2D eigenvalue weighted by atomic mass is 10.0. The fourth-order valence-electron chi connectivity index (χ4n) is 3.85. The van der Waals surface area contributed by atoms with Gasteiger partial charge in [0.1, 0.15) is 0 Å². The van der Waals surface area contributed by atoms with Crippen LogP contribution in [-0.2, 0) is 0 Å². The maximum absolute atomic E-state index is 5.72. The van der Waals surface area contributed by atoms with Gasteiger partial charge < -0.3 is 0 Å². The van der Waals surface area contributed by atoms with E-state index in [1.807, 2.05) is 0 Å². The highest BCUT2D eigenvalue weighted by molar-refractivity contribution is 5.04. The normalized spacial score (nSPS) is 41.0. The van der Waals surface area contributed by atoms with Crippen molar-refractivity contribution in [2.75, 3.05) is 0 Å². The summed E-state index contributed by atoms with van der Waals surface area (Å²) in [5.74, 6) is 9.80. The van der Waals surface area contributed by atoms with Gasteiger partial charge in [0.15, 0.2) is 0 Å². The summed E-state index contributed by atoms with van der Waals surface area (Å²) >= 11 is 0. The minimum absolute atomic E-state index is 0.638. The van der Waals surface area contributed by atoms with Crippen molar-refractivity contribution in [3.8, 4) is 0 Å². The Morgan fingerprint density at radius 1 is 1.07 bits per heavy atom. The van der Waals surface area contributed by atoms with E-state index >= 15 is 0 Å². The molecule has 0 aliphatic heterocycles. The molecule has 0 aromatic rings. The Kier molecular flexibility index (Phi) is 2.73. The minimum Gasteiger partial charge on any atom is -0.271 e. The van der Waals surface area contributed by atoms with Gasteiger partial charge in [-0.1, -0.05) is 25.7 Å². The number of hydrogen-bond donors (Lipinski definition) is 2. The summed E-state index contributed by atoms with van der Waals surface area (Å²) in [4.78, 5) is 0. The Bertz CT molecular complexity index is 213. The molecule has 3 atom stereocenters. The predicted octanol–water partition coefficient (Wildman–Crippen LogP) is 2.44. The maximum Gasteiger partial charge on any atom is 0.0244 e. The topological polar surface area (TPSA) is 38.0 Å². The van der Waals surface area contributed by atoms with Crippen LogP contribution in [0.4, 0.5) is 0 Å². The Labute approximate surface area is 93.0 Å². The Morgan fingerprint density at radius 3 is 2.27 bits per heavy atom. The van der Waals surface area contributed by atoms with Crippen LogP contribution in [0.15, 0.2) is 0 Å². The number of hydrogen-bond acceptors (Lipinski definition) is 2. The third-order valence-corrected chi connectivity index (χ3v) is 4.98. The summed E-state index contributed by atoms with van der Waals surface area (Å²) in [5, 5.41) is 0. The molecule has 0 saturated heterocycles. The molecule has 0 aromatic carbocycles. The number of nitrogens with two attached hydrogens (primary N) is 1. The summed E-state index contributed by atoms with van der Waals surface area (Å²) in [7, 11) is 0. The van der Waals surface area contributed by atoms with E-state index in [9.17, 15) is 0 Å². The molecule has 3 aliphatic rings. The summed E-state index contributed by atoms with van der Waals surface area (Å²) in [6.45, 7) is 0. The van der Waals surface area contributed by atoms with Gasteiger partial charge >= 0.3 is 0 Å². The number of hydrazine groups is 1. The summed E-state index contributed by atoms with van der Waals surface area (Å²) in [6, 6.07) is 0.638. The Morgan fingerprint density at radius 2 is 1.73 bits per heavy atom. The maximum atomic E-state index is 5.72. The fourth-order valence-corrected chi connectivity index (χ4v) is 3.85. The summed E-state index contributed by atoms with van der Waals surface area (Å²) < 4.78 is 0. The van der Waals surface area contributed by atoms with Crippen molar-refractivity contribution in [1.29, 1.82) is 0 Å². The van der Waals surface area contributed by atoms with Gasteiger partial charge in [-0.05, 0) is 49.4 Å². The molecule has 0 heterocycles. The van der Waals surface area contributed by atoms with E-state index < -0.39 is 0 Å². The van der Waals surface area contributed by atoms with E-state index in [1.54, 1.807) is 0 Å². The monoisotopic (exact) mass is 208 g/mol. The zero-order valence-corrected chi connectivity index (χ0v) is 9.62. The number of fused-ring (bicyclic) bond motifs is 1. The average Bonchev–Trinajstić information content (AvgIpc) is 3.13. The van der Waals surface area contributed by atoms with Crippen molar-refractivity contribution in [3.63, 3.8) is 0 Å². The quantitative estimate of drug-likeness (QED) is 0.538. The molecule has 3 saturated carbocycles. The van der Waals surface area contributed by atoms with Gasteiger partial charge in [0.25, 0.3) is 0 Å². The predicted molar refractivity (Wildman–Crippen MR) is 62.0 cm³/mol. The van der Waals surface area contributed by atoms with Crippen LogP contribution in [0.25, 0.3) is 0 Å². The SMILES string of the molecule is NNC(CCC1CC1)C1C2CCCCC21. The second-order valence-corrected chi connectivity index (χ2v) is 5.98. The van der Waals surface area contributed by atoms with Gasteiger partial charge in [-0.25, -0.2) is 0 Å². The van der Waals surface area contributed by atoms with Crippen LogP contribution in [-0.4, -0.2) is 6.04 Å². The lowest BCUT2D eigenvalue weighted by Crippen LogP contribution is -2.37. The van der Waals surface area contributed by atoms with Crippen molar-refractivity contribution in [3.05, 3.63) is 0 Å². The molecular weight excluding hydrogens is 184 g/mol. The van der Waals surface area contributed by atoms with E-state index in [2.05, 4.69) is 5.43 Å². The van der Waals surface area contributed by atoms with Crippen LogP contribution in [0.2, 0.25) is 0 Å². The molecule has 0 bridgehead atoms. The molecule has 3 rings (SSSR count). The van der Waals surface area contributed by atoms with Crippen molar-refractivity contribution >= 4 is 0 Å². The first-order valence-electron chi connectivity index (χ1n) is 6.86. The van der Waals surface area contributed by atoms with E-state index in [1.165, 1.54) is 51.4 Å². The van der Waals surface area contributed by atoms with Gasteiger partial charge in [0.05, 0.1) is 0 Å². The largest absolute Gasteiger partial charge is 0.271 e. The summed E-state index contributed by atoms with van der Waals surface area (Å²) in [5.41, 5.74) is 3.10. The molecule has 3 N–H and O–H groups in total. The first-order chi connectivity index (χ1) is 7.40. The highest BCUT2D eigenvalue weighted by Gasteiger charge is 2.53. The standard InChI is InChI=1S/C13H24N2/c14-15-12(8-7-9-5-6-9)13-10-3-1-2-4-11(10)13/h9-13,15H,1-8,14H2. The van der Waals surface area contributed by atoms with Gasteiger partial charge in [0.2, 0.25) is 0 Å². The average molecular weight is 208 g/mol. The number of nitrogens with one attached hydrogen (secondary N) is 1. The third-order valence-electron chi connectivity index (χ3n) is 4.98. The van der Waals surface area contributed by atoms with E-state index in [-0.39, 0.29) is 0 Å². The molecule has 3 unspecified atom stereocenters. The van der Waals surface area contributed by atoms with Crippen molar-refractivity contribution in [2.45, 2.75) is 57.4 Å². The molecule has 2 nitrogen and oxygen atoms in total. The minimum atomic E-state index is 0.638. The first kappa shape index (κ1) is 10.1. The molecule has 0 amide bonds. The fraction of sp³-hybridized carbons (Fsp3) is 1.00. The molecule has 2 heteroatoms. The molecule has 3 aliphatic carbocycles. The highest BCUT2D eigenvalue weighted by Crippen LogP contribution is 2.57. The molecule has 0 radical (unpaired) electrons. The summed E-state index contributed by atoms with van der Waals surface area (Å²) in [6.07, 6.45) is 11.6. The zero-order valence-electron chi connectivity index (χ0n) is 9.62. The Hall–Kier alpha value is -0.0800. The van der Waals surface area contributed by atoms with Crippen LogP contribution in [0.3, 0.4) is 0 Å². The molecule has 0 aromatic heterocycles. The van der Waals surface area contributed by atoms with Gasteiger partial charge in [-0.3, -0.25) is 11.3 Å². The Balaban J connectivity index is 1.50. The second-order valence-electron chi connectivity index (χ2n) is 5.98. The zero-order chi connectivity index (χ0) is 10.3. The van der Waals surface area contributed by atoms with Crippen molar-refractivity contribution < 1.29 is 0 Å². The van der Waals surface area contributed by atoms with Gasteiger partial charge in [0, 0.05) is 6.04 Å². The van der Waals surface area contributed by atoms with E-state index in [0.717, 1.165) is 23.7 Å². The smallest absolute Gasteiger partial charge is 0.0244 e. The molecule has 3 fully saturated rings. The van der Waals surface area contributed by atoms with Crippen LogP contribution in [0, 0.1) is 23.7 Å². The lowest BCUT2D eigenvalue weighted by molar-refractivity contribution is 0.396.